The van der Waals surface area contributed by atoms with E-state index in [1.54, 1.807) is 6.07 Å². The van der Waals surface area contributed by atoms with E-state index in [9.17, 15) is 9.90 Å². The van der Waals surface area contributed by atoms with Gasteiger partial charge in [-0.15, -0.1) is 0 Å². The maximum Gasteiger partial charge on any atom is 0.273 e. The van der Waals surface area contributed by atoms with E-state index in [-0.39, 0.29) is 23.8 Å². The van der Waals surface area contributed by atoms with Gasteiger partial charge in [0.05, 0.1) is 24.9 Å². The van der Waals surface area contributed by atoms with Crippen molar-refractivity contribution in [2.75, 3.05) is 32.8 Å². The second-order valence-corrected chi connectivity index (χ2v) is 7.17. The number of likely N-dealkylation sites (tertiary alicyclic amines) is 1. The molecule has 2 aliphatic rings. The third-order valence-electron chi connectivity index (χ3n) is 5.36. The molecule has 0 spiro atoms. The van der Waals surface area contributed by atoms with E-state index in [0.717, 1.165) is 25.2 Å². The lowest BCUT2D eigenvalue weighted by atomic mass is 9.97. The van der Waals surface area contributed by atoms with Gasteiger partial charge in [-0.25, -0.2) is 4.98 Å². The number of ether oxygens (including phenoxy) is 1. The topological polar surface area (TPSA) is 65.9 Å². The lowest BCUT2D eigenvalue weighted by molar-refractivity contribution is -0.0708. The minimum absolute atomic E-state index is 0.0556. The van der Waals surface area contributed by atoms with Gasteiger partial charge in [-0.1, -0.05) is 30.3 Å². The average Bonchev–Trinajstić information content (AvgIpc) is 3.22. The molecule has 1 amide bonds. The molecular formula is C21H25N3O3. The molecule has 1 aromatic carbocycles. The Labute approximate surface area is 159 Å². The highest BCUT2D eigenvalue weighted by atomic mass is 16.5. The predicted molar refractivity (Wildman–Crippen MR) is 102 cm³/mol. The molecule has 142 valence electrons. The molecule has 0 aliphatic carbocycles. The van der Waals surface area contributed by atoms with Gasteiger partial charge >= 0.3 is 0 Å². The lowest BCUT2D eigenvalue weighted by Crippen LogP contribution is -2.51. The van der Waals surface area contributed by atoms with Crippen LogP contribution >= 0.6 is 0 Å². The zero-order valence-corrected chi connectivity index (χ0v) is 15.3. The molecule has 2 aromatic rings. The largest absolute Gasteiger partial charge is 0.506 e. The van der Waals surface area contributed by atoms with Gasteiger partial charge in [0.25, 0.3) is 5.91 Å². The Kier molecular flexibility index (Phi) is 5.36. The highest BCUT2D eigenvalue weighted by Crippen LogP contribution is 2.32. The monoisotopic (exact) mass is 367 g/mol. The van der Waals surface area contributed by atoms with Gasteiger partial charge in [-0.05, 0) is 43.6 Å². The maximum absolute atomic E-state index is 13.2. The summed E-state index contributed by atoms with van der Waals surface area (Å²) in [7, 11) is 0. The van der Waals surface area contributed by atoms with Crippen LogP contribution in [0, 0.1) is 0 Å². The Bertz CT molecular complexity index is 760. The number of hydrogen-bond donors (Lipinski definition) is 1. The van der Waals surface area contributed by atoms with Crippen molar-refractivity contribution in [2.45, 2.75) is 25.0 Å². The molecule has 2 aliphatic heterocycles. The van der Waals surface area contributed by atoms with Crippen LogP contribution in [0.15, 0.2) is 48.7 Å². The number of aromatic nitrogens is 1. The van der Waals surface area contributed by atoms with Crippen molar-refractivity contribution in [1.82, 2.24) is 14.8 Å². The van der Waals surface area contributed by atoms with Crippen molar-refractivity contribution < 1.29 is 14.6 Å². The Morgan fingerprint density at radius 1 is 1.11 bits per heavy atom. The lowest BCUT2D eigenvalue weighted by Gasteiger charge is -2.42. The van der Waals surface area contributed by atoms with E-state index in [4.69, 9.17) is 4.74 Å². The van der Waals surface area contributed by atoms with Crippen molar-refractivity contribution in [1.29, 1.82) is 0 Å². The molecule has 4 rings (SSSR count). The summed E-state index contributed by atoms with van der Waals surface area (Å²) in [6, 6.07) is 13.0. The number of benzene rings is 1. The third kappa shape index (κ3) is 3.96. The maximum atomic E-state index is 13.2. The summed E-state index contributed by atoms with van der Waals surface area (Å²) < 4.78 is 6.15. The van der Waals surface area contributed by atoms with Crippen LogP contribution in [0.4, 0.5) is 0 Å². The number of morpholine rings is 1. The number of carbonyl (C=O) groups is 1. The predicted octanol–water partition coefficient (Wildman–Crippen LogP) is 2.47. The molecule has 6 heteroatoms. The summed E-state index contributed by atoms with van der Waals surface area (Å²) in [6.07, 6.45) is 3.69. The number of rotatable bonds is 4. The Balaban J connectivity index is 1.63. The zero-order chi connectivity index (χ0) is 18.6. The first-order valence-corrected chi connectivity index (χ1v) is 9.57. The number of hydrogen-bond acceptors (Lipinski definition) is 5. The van der Waals surface area contributed by atoms with E-state index in [2.05, 4.69) is 22.0 Å². The fraction of sp³-hybridized carbons (Fsp3) is 0.429. The minimum Gasteiger partial charge on any atom is -0.506 e. The second kappa shape index (κ2) is 8.06. The fourth-order valence-electron chi connectivity index (χ4n) is 4.04. The normalized spacial score (nSPS) is 23.5. The first-order valence-electron chi connectivity index (χ1n) is 9.57. The fourth-order valence-corrected chi connectivity index (χ4v) is 4.04. The highest BCUT2D eigenvalue weighted by molar-refractivity contribution is 5.92. The van der Waals surface area contributed by atoms with Crippen molar-refractivity contribution in [3.05, 3.63) is 59.9 Å². The average molecular weight is 367 g/mol. The summed E-state index contributed by atoms with van der Waals surface area (Å²) in [6.45, 7) is 4.05. The van der Waals surface area contributed by atoms with Crippen LogP contribution in [-0.4, -0.2) is 64.7 Å². The molecular weight excluding hydrogens is 342 g/mol. The molecule has 0 unspecified atom stereocenters. The first-order chi connectivity index (χ1) is 13.2. The van der Waals surface area contributed by atoms with Crippen molar-refractivity contribution in [3.8, 4) is 5.75 Å². The zero-order valence-electron chi connectivity index (χ0n) is 15.3. The Morgan fingerprint density at radius 3 is 2.59 bits per heavy atom. The number of aromatic hydroxyl groups is 1. The molecule has 0 saturated carbocycles. The minimum atomic E-state index is -0.149. The van der Waals surface area contributed by atoms with Crippen LogP contribution < -0.4 is 0 Å². The van der Waals surface area contributed by atoms with Crippen molar-refractivity contribution in [2.24, 2.45) is 0 Å². The Hall–Kier alpha value is -2.44. The summed E-state index contributed by atoms with van der Waals surface area (Å²) in [4.78, 5) is 21.6. The van der Waals surface area contributed by atoms with Gasteiger partial charge in [-0.2, -0.15) is 0 Å². The smallest absolute Gasteiger partial charge is 0.273 e. The SMILES string of the molecule is O=C(c1ccc(O)cn1)N1CCO[C@@H](CN2CCCC2)[C@@H]1c1ccccc1. The van der Waals surface area contributed by atoms with Gasteiger partial charge in [-0.3, -0.25) is 4.79 Å². The van der Waals surface area contributed by atoms with Gasteiger partial charge in [0, 0.05) is 13.1 Å². The summed E-state index contributed by atoms with van der Waals surface area (Å²) >= 11 is 0. The molecule has 1 N–H and O–H groups in total. The van der Waals surface area contributed by atoms with Crippen LogP contribution in [0.25, 0.3) is 0 Å². The van der Waals surface area contributed by atoms with Crippen LogP contribution in [0.1, 0.15) is 34.9 Å². The van der Waals surface area contributed by atoms with Gasteiger partial charge < -0.3 is 19.6 Å². The summed E-state index contributed by atoms with van der Waals surface area (Å²) in [5, 5.41) is 9.47. The summed E-state index contributed by atoms with van der Waals surface area (Å²) in [5.41, 5.74) is 1.42. The molecule has 3 heterocycles. The molecule has 6 nitrogen and oxygen atoms in total. The number of carbonyl (C=O) groups excluding carboxylic acids is 1. The van der Waals surface area contributed by atoms with Crippen LogP contribution in [-0.2, 0) is 4.74 Å². The highest BCUT2D eigenvalue weighted by Gasteiger charge is 2.38. The summed E-state index contributed by atoms with van der Waals surface area (Å²) in [5.74, 6) is -0.0707. The Morgan fingerprint density at radius 2 is 1.89 bits per heavy atom. The van der Waals surface area contributed by atoms with E-state index in [1.807, 2.05) is 23.1 Å². The molecule has 2 fully saturated rings. The molecule has 0 bridgehead atoms. The first kappa shape index (κ1) is 17.9. The van der Waals surface area contributed by atoms with Crippen LogP contribution in [0.2, 0.25) is 0 Å². The third-order valence-corrected chi connectivity index (χ3v) is 5.36. The molecule has 27 heavy (non-hydrogen) atoms. The van der Waals surface area contributed by atoms with Gasteiger partial charge in [0.15, 0.2) is 0 Å². The molecule has 2 saturated heterocycles. The number of nitrogens with zero attached hydrogens (tertiary/aromatic N) is 3. The van der Waals surface area contributed by atoms with Gasteiger partial charge in [0.1, 0.15) is 11.4 Å². The van der Waals surface area contributed by atoms with E-state index in [0.29, 0.717) is 18.8 Å². The van der Waals surface area contributed by atoms with E-state index in [1.165, 1.54) is 25.1 Å². The van der Waals surface area contributed by atoms with Crippen molar-refractivity contribution in [3.63, 3.8) is 0 Å². The van der Waals surface area contributed by atoms with Gasteiger partial charge in [0.2, 0.25) is 0 Å². The van der Waals surface area contributed by atoms with Crippen molar-refractivity contribution >= 4 is 5.91 Å². The molecule has 1 aromatic heterocycles. The van der Waals surface area contributed by atoms with Crippen LogP contribution in [0.5, 0.6) is 5.75 Å². The van der Waals surface area contributed by atoms with Crippen LogP contribution in [0.3, 0.4) is 0 Å². The second-order valence-electron chi connectivity index (χ2n) is 7.17. The molecule has 0 radical (unpaired) electrons. The molecule has 2 atom stereocenters. The van der Waals surface area contributed by atoms with E-state index < -0.39 is 0 Å². The number of pyridine rings is 1. The number of amides is 1. The van der Waals surface area contributed by atoms with E-state index >= 15 is 0 Å². The standard InChI is InChI=1S/C21H25N3O3/c25-17-8-9-18(22-14-17)21(26)24-12-13-27-19(15-23-10-4-5-11-23)20(24)16-6-2-1-3-7-16/h1-3,6-9,14,19-20,25H,4-5,10-13,15H2/t19-,20-/m0/s1. The quantitative estimate of drug-likeness (QED) is 0.899.